The number of hydrogen-bond donors (Lipinski definition) is 1. The van der Waals surface area contributed by atoms with Crippen molar-refractivity contribution in [3.8, 4) is 22.8 Å². The molecule has 1 aromatic carbocycles. The van der Waals surface area contributed by atoms with Crippen molar-refractivity contribution in [2.45, 2.75) is 26.2 Å². The van der Waals surface area contributed by atoms with Gasteiger partial charge >= 0.3 is 0 Å². The number of rotatable bonds is 3. The number of nitrogens with zero attached hydrogens (tertiary/aromatic N) is 1. The predicted octanol–water partition coefficient (Wildman–Crippen LogP) is 2.44. The van der Waals surface area contributed by atoms with E-state index in [1.807, 2.05) is 30.5 Å². The molecule has 1 atom stereocenters. The lowest BCUT2D eigenvalue weighted by atomic mass is 10.0. The monoisotopic (exact) mass is 259 g/mol. The molecular weight excluding hydrogens is 242 g/mol. The van der Waals surface area contributed by atoms with Crippen LogP contribution >= 0.6 is 0 Å². The number of methoxy groups -OCH3 is 1. The molecule has 100 valence electrons. The maximum absolute atomic E-state index is 9.60. The van der Waals surface area contributed by atoms with Gasteiger partial charge in [-0.25, -0.2) is 0 Å². The molecule has 3 rings (SSSR count). The second-order valence-electron chi connectivity index (χ2n) is 4.84. The van der Waals surface area contributed by atoms with Crippen LogP contribution in [0, 0.1) is 0 Å². The van der Waals surface area contributed by atoms with E-state index in [9.17, 15) is 5.11 Å². The molecule has 0 bridgehead atoms. The first-order valence-corrected chi connectivity index (χ1v) is 6.36. The Balaban J connectivity index is 2.12. The smallest absolute Gasteiger partial charge is 0.129 e. The Morgan fingerprint density at radius 3 is 3.00 bits per heavy atom. The summed E-state index contributed by atoms with van der Waals surface area (Å²) < 4.78 is 13.1. The van der Waals surface area contributed by atoms with Crippen molar-refractivity contribution in [2.24, 2.45) is 0 Å². The maximum atomic E-state index is 9.60. The summed E-state index contributed by atoms with van der Waals surface area (Å²) >= 11 is 0. The van der Waals surface area contributed by atoms with Gasteiger partial charge in [0.15, 0.2) is 0 Å². The van der Waals surface area contributed by atoms with Crippen LogP contribution in [0.25, 0.3) is 11.3 Å². The first-order chi connectivity index (χ1) is 9.19. The molecule has 0 saturated heterocycles. The molecule has 0 amide bonds. The first-order valence-electron chi connectivity index (χ1n) is 6.36. The van der Waals surface area contributed by atoms with E-state index in [1.54, 1.807) is 14.0 Å². The zero-order valence-electron chi connectivity index (χ0n) is 11.1. The lowest BCUT2D eigenvalue weighted by Crippen LogP contribution is -2.14. The van der Waals surface area contributed by atoms with Crippen molar-refractivity contribution in [1.29, 1.82) is 0 Å². The molecule has 4 heteroatoms. The molecule has 2 aromatic rings. The molecule has 4 nitrogen and oxygen atoms in total. The molecule has 1 aromatic heterocycles. The van der Waals surface area contributed by atoms with E-state index in [4.69, 9.17) is 9.47 Å². The minimum atomic E-state index is -0.381. The molecule has 0 unspecified atom stereocenters. The molecule has 0 aliphatic carbocycles. The van der Waals surface area contributed by atoms with Crippen LogP contribution < -0.4 is 9.47 Å². The third kappa shape index (κ3) is 2.08. The zero-order valence-corrected chi connectivity index (χ0v) is 11.1. The third-order valence-electron chi connectivity index (χ3n) is 3.33. The number of aromatic nitrogens is 1. The third-order valence-corrected chi connectivity index (χ3v) is 3.33. The second-order valence-corrected chi connectivity index (χ2v) is 4.84. The van der Waals surface area contributed by atoms with E-state index in [0.717, 1.165) is 28.3 Å². The molecule has 1 aliphatic heterocycles. The van der Waals surface area contributed by atoms with Gasteiger partial charge in [-0.3, -0.25) is 0 Å². The quantitative estimate of drug-likeness (QED) is 0.920. The normalized spacial score (nSPS) is 14.3. The average molecular weight is 259 g/mol. The van der Waals surface area contributed by atoms with Crippen LogP contribution in [0.4, 0.5) is 0 Å². The zero-order chi connectivity index (χ0) is 13.4. The summed E-state index contributed by atoms with van der Waals surface area (Å²) in [7, 11) is 1.65. The molecular formula is C15H17NO3. The van der Waals surface area contributed by atoms with Crippen LogP contribution in [-0.2, 0) is 13.2 Å². The van der Waals surface area contributed by atoms with Gasteiger partial charge in [0.1, 0.15) is 18.1 Å². The van der Waals surface area contributed by atoms with Gasteiger partial charge < -0.3 is 19.1 Å². The van der Waals surface area contributed by atoms with Crippen molar-refractivity contribution < 1.29 is 14.6 Å². The van der Waals surface area contributed by atoms with Crippen LogP contribution in [0.1, 0.15) is 12.5 Å². The number of aliphatic hydroxyl groups excluding tert-OH is 1. The van der Waals surface area contributed by atoms with Gasteiger partial charge in [0.25, 0.3) is 0 Å². The summed E-state index contributed by atoms with van der Waals surface area (Å²) in [5.74, 6) is 1.67. The molecule has 0 spiro atoms. The predicted molar refractivity (Wildman–Crippen MR) is 72.4 cm³/mol. The summed E-state index contributed by atoms with van der Waals surface area (Å²) in [5.41, 5.74) is 3.27. The fraction of sp³-hybridized carbons (Fsp3) is 0.333. The van der Waals surface area contributed by atoms with Crippen molar-refractivity contribution in [1.82, 2.24) is 4.57 Å². The van der Waals surface area contributed by atoms with Crippen LogP contribution in [0.5, 0.6) is 11.5 Å². The molecule has 19 heavy (non-hydrogen) atoms. The largest absolute Gasteiger partial charge is 0.497 e. The summed E-state index contributed by atoms with van der Waals surface area (Å²) in [6.45, 7) is 2.94. The number of fused-ring (bicyclic) bond motifs is 3. The van der Waals surface area contributed by atoms with Crippen LogP contribution in [-0.4, -0.2) is 22.9 Å². The number of benzene rings is 1. The molecule has 2 heterocycles. The van der Waals surface area contributed by atoms with E-state index < -0.39 is 0 Å². The lowest BCUT2D eigenvalue weighted by molar-refractivity contribution is 0.174. The van der Waals surface area contributed by atoms with Crippen molar-refractivity contribution in [2.75, 3.05) is 7.11 Å². The minimum absolute atomic E-state index is 0.381. The Labute approximate surface area is 112 Å². The minimum Gasteiger partial charge on any atom is -0.497 e. The van der Waals surface area contributed by atoms with Gasteiger partial charge in [0, 0.05) is 23.9 Å². The molecule has 1 N–H and O–H groups in total. The van der Waals surface area contributed by atoms with Gasteiger partial charge in [0.2, 0.25) is 0 Å². The summed E-state index contributed by atoms with van der Waals surface area (Å²) in [6, 6.07) is 7.84. The Morgan fingerprint density at radius 1 is 1.42 bits per heavy atom. The Morgan fingerprint density at radius 2 is 2.26 bits per heavy atom. The van der Waals surface area contributed by atoms with Crippen LogP contribution in [0.15, 0.2) is 30.5 Å². The fourth-order valence-electron chi connectivity index (χ4n) is 2.50. The van der Waals surface area contributed by atoms with Gasteiger partial charge in [-0.2, -0.15) is 0 Å². The van der Waals surface area contributed by atoms with Crippen LogP contribution in [0.2, 0.25) is 0 Å². The number of ether oxygens (including phenoxy) is 2. The molecule has 0 saturated carbocycles. The van der Waals surface area contributed by atoms with Gasteiger partial charge in [-0.1, -0.05) is 0 Å². The highest BCUT2D eigenvalue weighted by molar-refractivity contribution is 5.74. The molecule has 1 aliphatic rings. The van der Waals surface area contributed by atoms with Gasteiger partial charge in [-0.05, 0) is 31.2 Å². The van der Waals surface area contributed by atoms with Crippen molar-refractivity contribution >= 4 is 0 Å². The van der Waals surface area contributed by atoms with Crippen LogP contribution in [0.3, 0.4) is 0 Å². The van der Waals surface area contributed by atoms with E-state index in [-0.39, 0.29) is 6.10 Å². The van der Waals surface area contributed by atoms with E-state index in [0.29, 0.717) is 13.2 Å². The highest BCUT2D eigenvalue weighted by atomic mass is 16.5. The number of hydrogen-bond acceptors (Lipinski definition) is 3. The van der Waals surface area contributed by atoms with E-state index >= 15 is 0 Å². The van der Waals surface area contributed by atoms with Gasteiger partial charge in [0.05, 0.1) is 18.9 Å². The lowest BCUT2D eigenvalue weighted by Gasteiger charge is -2.21. The van der Waals surface area contributed by atoms with E-state index in [1.165, 1.54) is 0 Å². The Bertz CT molecular complexity index is 601. The average Bonchev–Trinajstić information content (AvgIpc) is 2.81. The maximum Gasteiger partial charge on any atom is 0.129 e. The second kappa shape index (κ2) is 4.63. The Hall–Kier alpha value is -1.94. The fourth-order valence-corrected chi connectivity index (χ4v) is 2.50. The summed E-state index contributed by atoms with van der Waals surface area (Å²) in [6.07, 6.45) is 1.61. The standard InChI is InChI=1S/C15H17NO3/c1-10(17)8-16-6-5-11-9-19-14-4-3-12(18-2)7-13(14)15(11)16/h3-7,10,17H,8-9H2,1-2H3/t10-/m0/s1. The van der Waals surface area contributed by atoms with E-state index in [2.05, 4.69) is 4.57 Å². The van der Waals surface area contributed by atoms with Gasteiger partial charge in [-0.15, -0.1) is 0 Å². The summed E-state index contributed by atoms with van der Waals surface area (Å²) in [5, 5.41) is 9.60. The highest BCUT2D eigenvalue weighted by Crippen LogP contribution is 2.40. The number of aliphatic hydroxyl groups is 1. The van der Waals surface area contributed by atoms with Crippen molar-refractivity contribution in [3.63, 3.8) is 0 Å². The SMILES string of the molecule is COc1ccc2c(c1)-c1c(ccn1C[C@H](C)O)CO2. The molecule has 0 fully saturated rings. The summed E-state index contributed by atoms with van der Waals surface area (Å²) in [4.78, 5) is 0. The molecule has 0 radical (unpaired) electrons. The Kier molecular flexibility index (Phi) is 2.95. The highest BCUT2D eigenvalue weighted by Gasteiger charge is 2.22. The van der Waals surface area contributed by atoms with Crippen molar-refractivity contribution in [3.05, 3.63) is 36.0 Å². The first kappa shape index (κ1) is 12.1. The topological polar surface area (TPSA) is 43.6 Å².